The van der Waals surface area contributed by atoms with Crippen molar-refractivity contribution in [2.75, 3.05) is 18.5 Å². The Bertz CT molecular complexity index is 1740. The summed E-state index contributed by atoms with van der Waals surface area (Å²) in [6.07, 6.45) is 13.1. The average molecular weight is 526 g/mol. The van der Waals surface area contributed by atoms with Gasteiger partial charge in [0.1, 0.15) is 5.82 Å². The van der Waals surface area contributed by atoms with Crippen LogP contribution in [-0.4, -0.2) is 42.1 Å². The molecular formula is C29H27N5O3S. The summed E-state index contributed by atoms with van der Waals surface area (Å²) >= 11 is 0. The van der Waals surface area contributed by atoms with Crippen molar-refractivity contribution < 1.29 is 13.2 Å². The summed E-state index contributed by atoms with van der Waals surface area (Å²) in [5.74, 6) is 0.270. The summed E-state index contributed by atoms with van der Waals surface area (Å²) in [6, 6.07) is 10.8. The van der Waals surface area contributed by atoms with E-state index in [1.807, 2.05) is 37.3 Å². The first-order valence-corrected chi connectivity index (χ1v) is 14.0. The molecule has 0 radical (unpaired) electrons. The van der Waals surface area contributed by atoms with Gasteiger partial charge in [0, 0.05) is 65.7 Å². The van der Waals surface area contributed by atoms with E-state index in [0.717, 1.165) is 33.3 Å². The van der Waals surface area contributed by atoms with Crippen LogP contribution in [-0.2, 0) is 22.7 Å². The zero-order chi connectivity index (χ0) is 26.9. The number of rotatable bonds is 6. The summed E-state index contributed by atoms with van der Waals surface area (Å²) < 4.78 is 24.9. The number of hydrogen-bond acceptors (Lipinski definition) is 7. The van der Waals surface area contributed by atoms with E-state index in [2.05, 4.69) is 26.3 Å². The summed E-state index contributed by atoms with van der Waals surface area (Å²) in [5, 5.41) is 4.36. The molecule has 38 heavy (non-hydrogen) atoms. The monoisotopic (exact) mass is 525 g/mol. The third kappa shape index (κ3) is 5.47. The Hall–Kier alpha value is -4.37. The van der Waals surface area contributed by atoms with Crippen molar-refractivity contribution in [3.05, 3.63) is 106 Å². The largest absolute Gasteiger partial charge is 0.383 e. The van der Waals surface area contributed by atoms with E-state index < -0.39 is 9.84 Å². The zero-order valence-corrected chi connectivity index (χ0v) is 21.9. The Balaban J connectivity index is 1.32. The number of allylic oxidation sites excluding steroid dienone is 1. The molecule has 9 heteroatoms. The third-order valence-corrected chi connectivity index (χ3v) is 7.61. The minimum absolute atomic E-state index is 0.220. The molecule has 0 atom stereocenters. The summed E-state index contributed by atoms with van der Waals surface area (Å²) in [5.41, 5.74) is 11.7. The van der Waals surface area contributed by atoms with Gasteiger partial charge in [-0.3, -0.25) is 14.8 Å². The maximum Gasteiger partial charge on any atom is 0.251 e. The molecule has 0 saturated heterocycles. The van der Waals surface area contributed by atoms with Crippen molar-refractivity contribution in [3.8, 4) is 0 Å². The number of fused-ring (bicyclic) bond motifs is 2. The highest BCUT2D eigenvalue weighted by atomic mass is 32.2. The minimum Gasteiger partial charge on any atom is -0.383 e. The van der Waals surface area contributed by atoms with Crippen molar-refractivity contribution in [1.29, 1.82) is 0 Å². The van der Waals surface area contributed by atoms with Gasteiger partial charge in [0.15, 0.2) is 9.84 Å². The lowest BCUT2D eigenvalue weighted by Gasteiger charge is -2.10. The molecule has 3 aromatic heterocycles. The minimum atomic E-state index is -3.46. The quantitative estimate of drug-likeness (QED) is 0.391. The van der Waals surface area contributed by atoms with Gasteiger partial charge in [-0.05, 0) is 65.8 Å². The zero-order valence-electron chi connectivity index (χ0n) is 21.1. The Labute approximate surface area is 221 Å². The van der Waals surface area contributed by atoms with Crippen molar-refractivity contribution >= 4 is 38.4 Å². The lowest BCUT2D eigenvalue weighted by Crippen LogP contribution is -2.25. The Morgan fingerprint density at radius 1 is 1.05 bits per heavy atom. The van der Waals surface area contributed by atoms with Gasteiger partial charge in [-0.2, -0.15) is 0 Å². The van der Waals surface area contributed by atoms with Crippen LogP contribution in [0.25, 0.3) is 16.8 Å². The average Bonchev–Trinajstić information content (AvgIpc) is 3.09. The first kappa shape index (κ1) is 25.3. The molecule has 0 unspecified atom stereocenters. The fourth-order valence-electron chi connectivity index (χ4n) is 4.54. The standard InChI is InChI=1S/C29H27N5O3S/c1-18-11-23-12-20(14-27(38(2,36)37)26(23)17-33-18)13-24-15-22(8-9-31-24)29(35)34-16-19-3-5-21-7-10-32-28(30)25(21)6-4-19/h3-4,6-12,14-15,17H,5,13,16H2,1-2H3,(H2,30,32)(H,34,35). The smallest absolute Gasteiger partial charge is 0.251 e. The van der Waals surface area contributed by atoms with Crippen LogP contribution in [0.2, 0.25) is 0 Å². The van der Waals surface area contributed by atoms with Crippen molar-refractivity contribution in [3.63, 3.8) is 0 Å². The van der Waals surface area contributed by atoms with E-state index in [1.165, 1.54) is 6.26 Å². The number of nitrogen functional groups attached to an aromatic ring is 1. The van der Waals surface area contributed by atoms with Crippen LogP contribution in [0.5, 0.6) is 0 Å². The van der Waals surface area contributed by atoms with Crippen molar-refractivity contribution in [2.24, 2.45) is 0 Å². The first-order chi connectivity index (χ1) is 18.2. The SMILES string of the molecule is Cc1cc2cc(Cc3cc(C(=O)NCC4=CCc5ccnc(N)c5C=C4)ccn3)cc(S(C)(=O)=O)c2cn1. The van der Waals surface area contributed by atoms with Crippen LogP contribution < -0.4 is 11.1 Å². The van der Waals surface area contributed by atoms with Crippen LogP contribution >= 0.6 is 0 Å². The van der Waals surface area contributed by atoms with E-state index in [4.69, 9.17) is 5.73 Å². The van der Waals surface area contributed by atoms with Gasteiger partial charge in [-0.25, -0.2) is 13.4 Å². The number of nitrogens with two attached hydrogens (primary N) is 1. The third-order valence-electron chi connectivity index (χ3n) is 6.47. The molecule has 3 N–H and O–H groups in total. The van der Waals surface area contributed by atoms with E-state index in [0.29, 0.717) is 41.8 Å². The Kier molecular flexibility index (Phi) is 6.77. The molecule has 8 nitrogen and oxygen atoms in total. The molecule has 1 amide bonds. The number of carbonyl (C=O) groups is 1. The molecule has 3 heterocycles. The summed E-state index contributed by atoms with van der Waals surface area (Å²) in [4.78, 5) is 26.0. The predicted octanol–water partition coefficient (Wildman–Crippen LogP) is 3.84. The number of benzene rings is 1. The summed E-state index contributed by atoms with van der Waals surface area (Å²) in [6.45, 7) is 2.23. The molecule has 192 valence electrons. The summed E-state index contributed by atoms with van der Waals surface area (Å²) in [7, 11) is -3.46. The molecule has 0 spiro atoms. The second-order valence-electron chi connectivity index (χ2n) is 9.39. The molecule has 0 fully saturated rings. The number of sulfone groups is 1. The number of carbonyl (C=O) groups excluding carboxylic acids is 1. The normalized spacial score (nSPS) is 13.1. The maximum atomic E-state index is 12.9. The topological polar surface area (TPSA) is 128 Å². The number of hydrogen-bond donors (Lipinski definition) is 2. The molecule has 0 bridgehead atoms. The number of amides is 1. The van der Waals surface area contributed by atoms with Gasteiger partial charge in [-0.1, -0.05) is 24.3 Å². The fraction of sp³-hybridized carbons (Fsp3) is 0.172. The Morgan fingerprint density at radius 2 is 1.87 bits per heavy atom. The highest BCUT2D eigenvalue weighted by Gasteiger charge is 2.16. The van der Waals surface area contributed by atoms with Gasteiger partial charge in [0.25, 0.3) is 5.91 Å². The molecule has 1 aromatic carbocycles. The van der Waals surface area contributed by atoms with E-state index in [-0.39, 0.29) is 10.8 Å². The van der Waals surface area contributed by atoms with Gasteiger partial charge >= 0.3 is 0 Å². The second kappa shape index (κ2) is 10.2. The predicted molar refractivity (Wildman–Crippen MR) is 148 cm³/mol. The molecule has 0 aliphatic heterocycles. The first-order valence-electron chi connectivity index (χ1n) is 12.1. The molecule has 0 saturated carbocycles. The number of aryl methyl sites for hydroxylation is 1. The second-order valence-corrected chi connectivity index (χ2v) is 11.4. The molecular weight excluding hydrogens is 498 g/mol. The highest BCUT2D eigenvalue weighted by molar-refractivity contribution is 7.91. The lowest BCUT2D eigenvalue weighted by molar-refractivity contribution is 0.0957. The fourth-order valence-corrected chi connectivity index (χ4v) is 5.48. The Morgan fingerprint density at radius 3 is 2.68 bits per heavy atom. The number of pyridine rings is 3. The number of nitrogens with one attached hydrogen (secondary N) is 1. The van der Waals surface area contributed by atoms with Gasteiger partial charge < -0.3 is 11.1 Å². The van der Waals surface area contributed by atoms with Crippen LogP contribution in [0.4, 0.5) is 5.82 Å². The lowest BCUT2D eigenvalue weighted by atomic mass is 10.0. The van der Waals surface area contributed by atoms with Crippen LogP contribution in [0.1, 0.15) is 38.4 Å². The van der Waals surface area contributed by atoms with E-state index >= 15 is 0 Å². The van der Waals surface area contributed by atoms with Crippen molar-refractivity contribution in [2.45, 2.75) is 24.7 Å². The van der Waals surface area contributed by atoms with Crippen LogP contribution in [0.3, 0.4) is 0 Å². The van der Waals surface area contributed by atoms with E-state index in [1.54, 1.807) is 36.8 Å². The highest BCUT2D eigenvalue weighted by Crippen LogP contribution is 2.26. The van der Waals surface area contributed by atoms with Crippen molar-refractivity contribution in [1.82, 2.24) is 20.3 Å². The van der Waals surface area contributed by atoms with Gasteiger partial charge in [0.05, 0.1) is 4.90 Å². The molecule has 1 aliphatic rings. The molecule has 5 rings (SSSR count). The maximum absolute atomic E-state index is 12.9. The van der Waals surface area contributed by atoms with Crippen LogP contribution in [0, 0.1) is 6.92 Å². The number of nitrogens with zero attached hydrogens (tertiary/aromatic N) is 3. The molecule has 4 aromatic rings. The van der Waals surface area contributed by atoms with Crippen LogP contribution in [0.15, 0.2) is 77.6 Å². The van der Waals surface area contributed by atoms with Gasteiger partial charge in [0.2, 0.25) is 0 Å². The number of aromatic nitrogens is 3. The number of anilines is 1. The molecule has 1 aliphatic carbocycles. The van der Waals surface area contributed by atoms with E-state index in [9.17, 15) is 13.2 Å². The van der Waals surface area contributed by atoms with Gasteiger partial charge in [-0.15, -0.1) is 0 Å².